The number of nitriles is 1. The standard InChI is InChI=1S/C11H7BrFN5/c12-7-3-5(1-2-8(7)13)9-6(4-14)10(15)18-11(16)17-9/h1-3H,(H4,15,16,17,18). The van der Waals surface area contributed by atoms with Gasteiger partial charge in [-0.05, 0) is 34.1 Å². The van der Waals surface area contributed by atoms with Gasteiger partial charge < -0.3 is 11.5 Å². The Morgan fingerprint density at radius 2 is 2.00 bits per heavy atom. The molecule has 0 amide bonds. The third kappa shape index (κ3) is 2.10. The van der Waals surface area contributed by atoms with Gasteiger partial charge in [0.1, 0.15) is 23.3 Å². The molecule has 0 atom stereocenters. The highest BCUT2D eigenvalue weighted by Crippen LogP contribution is 2.28. The number of hydrogen-bond donors (Lipinski definition) is 2. The minimum atomic E-state index is -0.410. The average molecular weight is 308 g/mol. The lowest BCUT2D eigenvalue weighted by atomic mass is 10.1. The fourth-order valence-electron chi connectivity index (χ4n) is 1.46. The highest BCUT2D eigenvalue weighted by atomic mass is 79.9. The highest BCUT2D eigenvalue weighted by Gasteiger charge is 2.14. The van der Waals surface area contributed by atoms with Crippen LogP contribution in [0.5, 0.6) is 0 Å². The summed E-state index contributed by atoms with van der Waals surface area (Å²) in [5.41, 5.74) is 12.0. The van der Waals surface area contributed by atoms with E-state index in [1.54, 1.807) is 0 Å². The second-order valence-electron chi connectivity index (χ2n) is 3.43. The van der Waals surface area contributed by atoms with Gasteiger partial charge in [-0.1, -0.05) is 0 Å². The van der Waals surface area contributed by atoms with Crippen molar-refractivity contribution in [1.82, 2.24) is 9.97 Å². The Labute approximate surface area is 110 Å². The van der Waals surface area contributed by atoms with Gasteiger partial charge in [-0.2, -0.15) is 10.2 Å². The van der Waals surface area contributed by atoms with Crippen molar-refractivity contribution in [2.75, 3.05) is 11.5 Å². The first-order valence-electron chi connectivity index (χ1n) is 4.81. The Morgan fingerprint density at radius 3 is 2.61 bits per heavy atom. The second-order valence-corrected chi connectivity index (χ2v) is 4.29. The molecule has 0 unspecified atom stereocenters. The minimum absolute atomic E-state index is 0.000414. The number of nitrogens with zero attached hydrogens (tertiary/aromatic N) is 3. The summed E-state index contributed by atoms with van der Waals surface area (Å²) < 4.78 is 13.4. The second kappa shape index (κ2) is 4.58. The van der Waals surface area contributed by atoms with Crippen LogP contribution in [-0.4, -0.2) is 9.97 Å². The topological polar surface area (TPSA) is 102 Å². The molecule has 1 aromatic carbocycles. The van der Waals surface area contributed by atoms with Crippen LogP contribution in [-0.2, 0) is 0 Å². The number of halogens is 2. The van der Waals surface area contributed by atoms with Gasteiger partial charge in [0.25, 0.3) is 0 Å². The van der Waals surface area contributed by atoms with E-state index in [1.165, 1.54) is 18.2 Å². The molecule has 0 bridgehead atoms. The highest BCUT2D eigenvalue weighted by molar-refractivity contribution is 9.10. The first kappa shape index (κ1) is 12.3. The van der Waals surface area contributed by atoms with Crippen LogP contribution in [0.1, 0.15) is 5.56 Å². The number of nitrogens with two attached hydrogens (primary N) is 2. The molecule has 18 heavy (non-hydrogen) atoms. The maximum absolute atomic E-state index is 13.2. The molecule has 4 N–H and O–H groups in total. The van der Waals surface area contributed by atoms with Crippen LogP contribution in [0, 0.1) is 17.1 Å². The van der Waals surface area contributed by atoms with Gasteiger partial charge in [0, 0.05) is 5.56 Å². The Balaban J connectivity index is 2.70. The minimum Gasteiger partial charge on any atom is -0.382 e. The van der Waals surface area contributed by atoms with Crippen molar-refractivity contribution < 1.29 is 4.39 Å². The lowest BCUT2D eigenvalue weighted by Gasteiger charge is -2.07. The summed E-state index contributed by atoms with van der Waals surface area (Å²) in [5, 5.41) is 9.04. The number of nitrogen functional groups attached to an aromatic ring is 2. The van der Waals surface area contributed by atoms with Crippen molar-refractivity contribution in [1.29, 1.82) is 5.26 Å². The predicted molar refractivity (Wildman–Crippen MR) is 68.7 cm³/mol. The van der Waals surface area contributed by atoms with Crippen LogP contribution in [0.25, 0.3) is 11.3 Å². The van der Waals surface area contributed by atoms with E-state index in [-0.39, 0.29) is 27.5 Å². The zero-order valence-corrected chi connectivity index (χ0v) is 10.6. The zero-order valence-electron chi connectivity index (χ0n) is 8.98. The number of aromatic nitrogens is 2. The summed E-state index contributed by atoms with van der Waals surface area (Å²) in [6, 6.07) is 6.15. The van der Waals surface area contributed by atoms with E-state index in [4.69, 9.17) is 16.7 Å². The SMILES string of the molecule is N#Cc1c(N)nc(N)nc1-c1ccc(F)c(Br)c1. The van der Waals surface area contributed by atoms with Gasteiger partial charge in [0.2, 0.25) is 5.95 Å². The van der Waals surface area contributed by atoms with Gasteiger partial charge in [-0.25, -0.2) is 9.37 Å². The largest absolute Gasteiger partial charge is 0.382 e. The van der Waals surface area contributed by atoms with Crippen LogP contribution >= 0.6 is 15.9 Å². The van der Waals surface area contributed by atoms with Crippen LogP contribution in [0.2, 0.25) is 0 Å². The normalized spacial score (nSPS) is 10.1. The molecule has 1 aromatic heterocycles. The van der Waals surface area contributed by atoms with E-state index in [9.17, 15) is 4.39 Å². The quantitative estimate of drug-likeness (QED) is 0.840. The molecule has 2 rings (SSSR count). The lowest BCUT2D eigenvalue weighted by molar-refractivity contribution is 0.621. The monoisotopic (exact) mass is 307 g/mol. The number of anilines is 2. The van der Waals surface area contributed by atoms with Gasteiger partial charge in [-0.15, -0.1) is 0 Å². The molecule has 90 valence electrons. The van der Waals surface area contributed by atoms with Gasteiger partial charge in [0.15, 0.2) is 0 Å². The zero-order chi connectivity index (χ0) is 13.3. The van der Waals surface area contributed by atoms with Crippen molar-refractivity contribution in [3.63, 3.8) is 0 Å². The molecule has 0 aliphatic rings. The van der Waals surface area contributed by atoms with Crippen molar-refractivity contribution in [3.8, 4) is 17.3 Å². The van der Waals surface area contributed by atoms with E-state index in [0.29, 0.717) is 5.56 Å². The molecule has 0 saturated carbocycles. The van der Waals surface area contributed by atoms with Crippen molar-refractivity contribution in [3.05, 3.63) is 34.1 Å². The Morgan fingerprint density at radius 1 is 1.28 bits per heavy atom. The Kier molecular flexibility index (Phi) is 3.12. The molecule has 0 fully saturated rings. The van der Waals surface area contributed by atoms with Gasteiger partial charge in [-0.3, -0.25) is 0 Å². The molecular formula is C11H7BrFN5. The van der Waals surface area contributed by atoms with Crippen LogP contribution in [0.15, 0.2) is 22.7 Å². The number of rotatable bonds is 1. The maximum atomic E-state index is 13.2. The number of benzene rings is 1. The molecule has 7 heteroatoms. The summed E-state index contributed by atoms with van der Waals surface area (Å²) in [6.07, 6.45) is 0. The summed E-state index contributed by atoms with van der Waals surface area (Å²) in [5.74, 6) is -0.449. The summed E-state index contributed by atoms with van der Waals surface area (Å²) >= 11 is 3.06. The fraction of sp³-hybridized carbons (Fsp3) is 0. The predicted octanol–water partition coefficient (Wildman–Crippen LogP) is 2.08. The molecule has 0 aliphatic carbocycles. The third-order valence-corrected chi connectivity index (χ3v) is 2.87. The molecule has 0 saturated heterocycles. The summed E-state index contributed by atoms with van der Waals surface area (Å²) in [7, 11) is 0. The molecule has 0 spiro atoms. The molecule has 0 aliphatic heterocycles. The summed E-state index contributed by atoms with van der Waals surface area (Å²) in [4.78, 5) is 7.67. The van der Waals surface area contributed by atoms with Crippen LogP contribution in [0.3, 0.4) is 0 Å². The van der Waals surface area contributed by atoms with E-state index in [0.717, 1.165) is 0 Å². The van der Waals surface area contributed by atoms with Crippen molar-refractivity contribution in [2.24, 2.45) is 0 Å². The van der Waals surface area contributed by atoms with E-state index < -0.39 is 5.82 Å². The first-order valence-corrected chi connectivity index (χ1v) is 5.60. The fourth-order valence-corrected chi connectivity index (χ4v) is 1.84. The van der Waals surface area contributed by atoms with Crippen LogP contribution in [0.4, 0.5) is 16.2 Å². The van der Waals surface area contributed by atoms with Crippen LogP contribution < -0.4 is 11.5 Å². The Bertz CT molecular complexity index is 665. The first-order chi connectivity index (χ1) is 8.52. The Hall–Kier alpha value is -2.20. The van der Waals surface area contributed by atoms with E-state index >= 15 is 0 Å². The van der Waals surface area contributed by atoms with Gasteiger partial charge in [0.05, 0.1) is 10.2 Å². The number of hydrogen-bond acceptors (Lipinski definition) is 5. The molecule has 5 nitrogen and oxygen atoms in total. The third-order valence-electron chi connectivity index (χ3n) is 2.26. The smallest absolute Gasteiger partial charge is 0.222 e. The molecule has 0 radical (unpaired) electrons. The van der Waals surface area contributed by atoms with Gasteiger partial charge >= 0.3 is 0 Å². The maximum Gasteiger partial charge on any atom is 0.222 e. The molecular weight excluding hydrogens is 301 g/mol. The van der Waals surface area contributed by atoms with E-state index in [1.807, 2.05) is 6.07 Å². The molecule has 1 heterocycles. The average Bonchev–Trinajstić information content (AvgIpc) is 2.32. The van der Waals surface area contributed by atoms with Crippen molar-refractivity contribution >= 4 is 27.7 Å². The molecule has 2 aromatic rings. The lowest BCUT2D eigenvalue weighted by Crippen LogP contribution is -2.05. The van der Waals surface area contributed by atoms with Crippen molar-refractivity contribution in [2.45, 2.75) is 0 Å². The summed E-state index contributed by atoms with van der Waals surface area (Å²) in [6.45, 7) is 0. The van der Waals surface area contributed by atoms with E-state index in [2.05, 4.69) is 25.9 Å².